The molecule has 0 amide bonds. The second-order valence-electron chi connectivity index (χ2n) is 15.6. The highest BCUT2D eigenvalue weighted by Crippen LogP contribution is 2.70. The smallest absolute Gasteiger partial charge is 0.0738 e. The van der Waals surface area contributed by atoms with Gasteiger partial charge in [0, 0.05) is 33.4 Å². The van der Waals surface area contributed by atoms with Crippen LogP contribution in [0.3, 0.4) is 0 Å². The highest BCUT2D eigenvalue weighted by Gasteiger charge is 2.57. The fourth-order valence-electron chi connectivity index (χ4n) is 10.8. The van der Waals surface area contributed by atoms with Gasteiger partial charge in [-0.1, -0.05) is 158 Å². The number of aromatic nitrogens is 1. The zero-order chi connectivity index (χ0) is 37.2. The number of benzene rings is 9. The van der Waals surface area contributed by atoms with Gasteiger partial charge in [0.2, 0.25) is 0 Å². The van der Waals surface area contributed by atoms with Crippen molar-refractivity contribution in [1.29, 1.82) is 0 Å². The van der Waals surface area contributed by atoms with E-state index in [1.165, 1.54) is 88.6 Å². The van der Waals surface area contributed by atoms with Crippen molar-refractivity contribution in [2.45, 2.75) is 5.41 Å². The van der Waals surface area contributed by atoms with E-state index < -0.39 is 0 Å². The van der Waals surface area contributed by atoms with Crippen molar-refractivity contribution in [2.75, 3.05) is 4.90 Å². The van der Waals surface area contributed by atoms with Crippen LogP contribution in [0.1, 0.15) is 22.3 Å². The van der Waals surface area contributed by atoms with Crippen LogP contribution in [0.5, 0.6) is 0 Å². The van der Waals surface area contributed by atoms with Crippen LogP contribution in [0, 0.1) is 0 Å². The van der Waals surface area contributed by atoms with Crippen LogP contribution in [-0.2, 0) is 5.41 Å². The summed E-state index contributed by atoms with van der Waals surface area (Å²) in [6, 6.07) is 76.5. The van der Waals surface area contributed by atoms with E-state index in [1.807, 2.05) is 0 Å². The highest BCUT2D eigenvalue weighted by molar-refractivity contribution is 6.11. The van der Waals surface area contributed by atoms with Gasteiger partial charge in [-0.05, 0) is 110 Å². The van der Waals surface area contributed by atoms with Gasteiger partial charge in [0.15, 0.2) is 0 Å². The molecule has 3 aliphatic rings. The first-order valence-electron chi connectivity index (χ1n) is 19.9. The van der Waals surface area contributed by atoms with Gasteiger partial charge in [-0.25, -0.2) is 0 Å². The summed E-state index contributed by atoms with van der Waals surface area (Å²) in [5, 5.41) is 2.49. The average Bonchev–Trinajstić information content (AvgIpc) is 3.97. The third kappa shape index (κ3) is 3.94. The Hall–Kier alpha value is -7.42. The minimum Gasteiger partial charge on any atom is -0.310 e. The Morgan fingerprint density at radius 2 is 0.895 bits per heavy atom. The Morgan fingerprint density at radius 3 is 1.67 bits per heavy atom. The predicted octanol–water partition coefficient (Wildman–Crippen LogP) is 14.2. The van der Waals surface area contributed by atoms with Gasteiger partial charge in [0.1, 0.15) is 0 Å². The maximum absolute atomic E-state index is 2.52. The summed E-state index contributed by atoms with van der Waals surface area (Å²) >= 11 is 0. The zero-order valence-electron chi connectivity index (χ0n) is 31.0. The first kappa shape index (κ1) is 30.9. The molecule has 0 saturated heterocycles. The largest absolute Gasteiger partial charge is 0.310 e. The molecule has 13 rings (SSSR count). The fourth-order valence-corrected chi connectivity index (χ4v) is 10.8. The van der Waals surface area contributed by atoms with Crippen LogP contribution in [0.2, 0.25) is 0 Å². The number of hydrogen-bond donors (Lipinski definition) is 0. The van der Waals surface area contributed by atoms with Gasteiger partial charge in [-0.2, -0.15) is 0 Å². The summed E-state index contributed by atoms with van der Waals surface area (Å²) in [6.45, 7) is 0. The van der Waals surface area contributed by atoms with Crippen molar-refractivity contribution in [3.05, 3.63) is 229 Å². The van der Waals surface area contributed by atoms with Gasteiger partial charge in [0.25, 0.3) is 0 Å². The molecule has 0 saturated carbocycles. The Labute approximate surface area is 331 Å². The molecule has 9 aromatic carbocycles. The summed E-state index contributed by atoms with van der Waals surface area (Å²) in [5.41, 5.74) is 22.6. The van der Waals surface area contributed by atoms with Crippen molar-refractivity contribution in [2.24, 2.45) is 0 Å². The van der Waals surface area contributed by atoms with Crippen molar-refractivity contribution >= 4 is 38.9 Å². The number of nitrogens with zero attached hydrogens (tertiary/aromatic N) is 2. The summed E-state index contributed by atoms with van der Waals surface area (Å²) in [7, 11) is 0. The molecular formula is C55H34N2. The maximum atomic E-state index is 2.52. The summed E-state index contributed by atoms with van der Waals surface area (Å²) in [5.74, 6) is 0. The maximum Gasteiger partial charge on any atom is 0.0738 e. The molecule has 1 heterocycles. The lowest BCUT2D eigenvalue weighted by Gasteiger charge is -2.31. The second kappa shape index (κ2) is 11.3. The molecule has 3 aliphatic carbocycles. The molecule has 2 nitrogen and oxygen atoms in total. The van der Waals surface area contributed by atoms with Crippen LogP contribution in [0.15, 0.2) is 206 Å². The van der Waals surface area contributed by atoms with Crippen molar-refractivity contribution in [3.8, 4) is 50.2 Å². The van der Waals surface area contributed by atoms with Gasteiger partial charge in [-0.15, -0.1) is 0 Å². The van der Waals surface area contributed by atoms with Crippen molar-refractivity contribution in [1.82, 2.24) is 4.57 Å². The third-order valence-corrected chi connectivity index (χ3v) is 12.9. The number of para-hydroxylation sites is 3. The zero-order valence-corrected chi connectivity index (χ0v) is 31.0. The van der Waals surface area contributed by atoms with E-state index in [9.17, 15) is 0 Å². The van der Waals surface area contributed by atoms with Gasteiger partial charge < -0.3 is 9.47 Å². The molecule has 1 aromatic heterocycles. The van der Waals surface area contributed by atoms with Crippen LogP contribution < -0.4 is 4.90 Å². The molecule has 1 unspecified atom stereocenters. The lowest BCUT2D eigenvalue weighted by molar-refractivity contribution is 0.818. The summed E-state index contributed by atoms with van der Waals surface area (Å²) in [4.78, 5) is 2.50. The number of rotatable bonds is 5. The van der Waals surface area contributed by atoms with Crippen LogP contribution >= 0.6 is 0 Å². The first-order chi connectivity index (χ1) is 28.3. The molecule has 2 heteroatoms. The van der Waals surface area contributed by atoms with Gasteiger partial charge in [-0.3, -0.25) is 0 Å². The second-order valence-corrected chi connectivity index (χ2v) is 15.6. The lowest BCUT2D eigenvalue weighted by atomic mass is 9.73. The normalized spacial score (nSPS) is 15.1. The van der Waals surface area contributed by atoms with E-state index in [4.69, 9.17) is 0 Å². The monoisotopic (exact) mass is 722 g/mol. The number of hydrogen-bond acceptors (Lipinski definition) is 1. The average molecular weight is 723 g/mol. The molecule has 0 aliphatic heterocycles. The lowest BCUT2D eigenvalue weighted by Crippen LogP contribution is -2.23. The molecule has 264 valence electrons. The van der Waals surface area contributed by atoms with E-state index in [2.05, 4.69) is 216 Å². The van der Waals surface area contributed by atoms with E-state index in [-0.39, 0.29) is 5.41 Å². The van der Waals surface area contributed by atoms with Crippen molar-refractivity contribution in [3.63, 3.8) is 0 Å². The van der Waals surface area contributed by atoms with E-state index in [1.54, 1.807) is 0 Å². The molecule has 1 atom stereocenters. The third-order valence-electron chi connectivity index (χ3n) is 12.9. The topological polar surface area (TPSA) is 8.17 Å². The van der Waals surface area contributed by atoms with Gasteiger partial charge >= 0.3 is 0 Å². The minimum atomic E-state index is -0.367. The Bertz CT molecular complexity index is 3260. The Morgan fingerprint density at radius 1 is 0.351 bits per heavy atom. The molecule has 1 spiro atoms. The van der Waals surface area contributed by atoms with Crippen molar-refractivity contribution < 1.29 is 0 Å². The SMILES string of the molecule is c1ccc(-c2ccccc2N(c2ccc3c(c2)C24c5ccccc5-c5cccc(c52)-c2cccc-3c24)c2ccc3c4ccccc4n(-c4ccccc4)c3c2)cc1. The summed E-state index contributed by atoms with van der Waals surface area (Å²) < 4.78 is 2.42. The fraction of sp³-hybridized carbons (Fsp3) is 0.0182. The first-order valence-corrected chi connectivity index (χ1v) is 19.9. The molecular weight excluding hydrogens is 689 g/mol. The molecule has 10 aromatic rings. The van der Waals surface area contributed by atoms with Crippen LogP contribution in [0.25, 0.3) is 72.0 Å². The molecule has 0 radical (unpaired) electrons. The van der Waals surface area contributed by atoms with Crippen LogP contribution in [-0.4, -0.2) is 4.57 Å². The van der Waals surface area contributed by atoms with E-state index in [0.717, 1.165) is 22.7 Å². The molecule has 0 N–H and O–H groups in total. The van der Waals surface area contributed by atoms with Gasteiger partial charge in [0.05, 0.1) is 22.1 Å². The van der Waals surface area contributed by atoms with E-state index >= 15 is 0 Å². The summed E-state index contributed by atoms with van der Waals surface area (Å²) in [6.07, 6.45) is 0. The minimum absolute atomic E-state index is 0.367. The Kier molecular flexibility index (Phi) is 6.13. The predicted molar refractivity (Wildman–Crippen MR) is 236 cm³/mol. The molecule has 57 heavy (non-hydrogen) atoms. The standard InChI is InChI=1S/C55H34N2/c1-3-15-35(16-4-1)39-19-8-11-27-50(39)56(38-30-32-43-42-21-9-12-28-51(42)57(52(43)34-38)36-17-5-2-6-18-36)37-29-31-41-45-23-14-25-47-46-24-13-22-44-40-20-7-10-26-48(40)55(53(44)46,54(45)47)49(41)33-37/h1-34H. The molecule has 0 fully saturated rings. The number of anilines is 3. The van der Waals surface area contributed by atoms with Crippen LogP contribution in [0.4, 0.5) is 17.1 Å². The Balaban J connectivity index is 1.11. The highest BCUT2D eigenvalue weighted by atomic mass is 15.1. The quantitative estimate of drug-likeness (QED) is 0.172. The molecule has 0 bridgehead atoms. The number of fused-ring (bicyclic) bond motifs is 8. The van der Waals surface area contributed by atoms with E-state index in [0.29, 0.717) is 0 Å².